The molecule has 0 aliphatic carbocycles. The fraction of sp³-hybridized carbons (Fsp3) is 0.182. The van der Waals surface area contributed by atoms with Crippen molar-refractivity contribution in [2.75, 3.05) is 12.8 Å². The zero-order valence-corrected chi connectivity index (χ0v) is 8.53. The standard InChI is InChI=1S/C11H13N3O/c1-15-10-4-2-8(3-5-10)6-9-7-13-14-11(9)12/h2-5,7H,6H2,1H3,(H3,12,13,14). The van der Waals surface area contributed by atoms with E-state index < -0.39 is 0 Å². The van der Waals surface area contributed by atoms with Crippen molar-refractivity contribution in [3.05, 3.63) is 41.6 Å². The van der Waals surface area contributed by atoms with Crippen LogP contribution in [0.25, 0.3) is 0 Å². The highest BCUT2D eigenvalue weighted by atomic mass is 16.5. The number of rotatable bonds is 3. The zero-order chi connectivity index (χ0) is 10.7. The number of nitrogen functional groups attached to an aromatic ring is 1. The summed E-state index contributed by atoms with van der Waals surface area (Å²) in [5.74, 6) is 1.49. The van der Waals surface area contributed by atoms with Crippen LogP contribution in [0.1, 0.15) is 11.1 Å². The van der Waals surface area contributed by atoms with Crippen LogP contribution in [0.4, 0.5) is 5.82 Å². The second-order valence-corrected chi connectivity index (χ2v) is 3.33. The highest BCUT2D eigenvalue weighted by Gasteiger charge is 2.02. The Hall–Kier alpha value is -1.97. The van der Waals surface area contributed by atoms with Gasteiger partial charge < -0.3 is 10.5 Å². The number of nitrogens with zero attached hydrogens (tertiary/aromatic N) is 1. The molecule has 0 amide bonds. The molecule has 4 heteroatoms. The fourth-order valence-corrected chi connectivity index (χ4v) is 1.43. The molecule has 0 saturated heterocycles. The second-order valence-electron chi connectivity index (χ2n) is 3.33. The highest BCUT2D eigenvalue weighted by Crippen LogP contribution is 2.16. The lowest BCUT2D eigenvalue weighted by Crippen LogP contribution is -1.93. The molecule has 2 aromatic rings. The van der Waals surface area contributed by atoms with Gasteiger partial charge in [0.2, 0.25) is 0 Å². The fourth-order valence-electron chi connectivity index (χ4n) is 1.43. The van der Waals surface area contributed by atoms with Gasteiger partial charge in [0.15, 0.2) is 0 Å². The Morgan fingerprint density at radius 3 is 2.60 bits per heavy atom. The van der Waals surface area contributed by atoms with Crippen molar-refractivity contribution < 1.29 is 4.74 Å². The van der Waals surface area contributed by atoms with E-state index in [1.54, 1.807) is 13.3 Å². The van der Waals surface area contributed by atoms with Crippen LogP contribution in [0.2, 0.25) is 0 Å². The molecule has 0 aliphatic rings. The molecule has 1 aromatic heterocycles. The molecule has 0 atom stereocenters. The number of benzene rings is 1. The van der Waals surface area contributed by atoms with Gasteiger partial charge >= 0.3 is 0 Å². The summed E-state index contributed by atoms with van der Waals surface area (Å²) in [7, 11) is 1.66. The SMILES string of the molecule is COc1ccc(Cc2cn[nH]c2N)cc1. The lowest BCUT2D eigenvalue weighted by atomic mass is 10.1. The number of nitrogens with one attached hydrogen (secondary N) is 1. The zero-order valence-electron chi connectivity index (χ0n) is 8.53. The van der Waals surface area contributed by atoms with Crippen molar-refractivity contribution in [3.8, 4) is 5.75 Å². The number of hydrogen-bond donors (Lipinski definition) is 2. The first kappa shape index (κ1) is 9.58. The van der Waals surface area contributed by atoms with Crippen molar-refractivity contribution in [2.45, 2.75) is 6.42 Å². The normalized spacial score (nSPS) is 10.2. The van der Waals surface area contributed by atoms with Gasteiger partial charge in [0.25, 0.3) is 0 Å². The monoisotopic (exact) mass is 203 g/mol. The van der Waals surface area contributed by atoms with Crippen LogP contribution in [0.3, 0.4) is 0 Å². The minimum atomic E-state index is 0.630. The largest absolute Gasteiger partial charge is 0.497 e. The highest BCUT2D eigenvalue weighted by molar-refractivity contribution is 5.41. The first-order valence-corrected chi connectivity index (χ1v) is 4.70. The first-order valence-electron chi connectivity index (χ1n) is 4.70. The molecule has 0 aliphatic heterocycles. The molecule has 1 heterocycles. The van der Waals surface area contributed by atoms with E-state index in [0.717, 1.165) is 17.7 Å². The number of aromatic amines is 1. The Balaban J connectivity index is 2.14. The molecule has 0 saturated carbocycles. The number of hydrogen-bond acceptors (Lipinski definition) is 3. The summed E-state index contributed by atoms with van der Waals surface area (Å²) in [5, 5.41) is 6.59. The van der Waals surface area contributed by atoms with E-state index in [4.69, 9.17) is 10.5 Å². The molecule has 0 bridgehead atoms. The van der Waals surface area contributed by atoms with Crippen LogP contribution in [0.15, 0.2) is 30.5 Å². The number of methoxy groups -OCH3 is 1. The molecule has 78 valence electrons. The van der Waals surface area contributed by atoms with E-state index in [1.165, 1.54) is 5.56 Å². The number of ether oxygens (including phenoxy) is 1. The second kappa shape index (κ2) is 4.04. The number of anilines is 1. The quantitative estimate of drug-likeness (QED) is 0.796. The predicted octanol–water partition coefficient (Wildman–Crippen LogP) is 1.59. The lowest BCUT2D eigenvalue weighted by molar-refractivity contribution is 0.414. The molecule has 0 unspecified atom stereocenters. The maximum atomic E-state index is 5.70. The van der Waals surface area contributed by atoms with Crippen LogP contribution >= 0.6 is 0 Å². The van der Waals surface area contributed by atoms with E-state index in [9.17, 15) is 0 Å². The summed E-state index contributed by atoms with van der Waals surface area (Å²) < 4.78 is 5.08. The Morgan fingerprint density at radius 2 is 2.07 bits per heavy atom. The first-order chi connectivity index (χ1) is 7.29. The van der Waals surface area contributed by atoms with Crippen molar-refractivity contribution in [1.29, 1.82) is 0 Å². The van der Waals surface area contributed by atoms with Gasteiger partial charge in [-0.05, 0) is 17.7 Å². The van der Waals surface area contributed by atoms with Gasteiger partial charge in [-0.25, -0.2) is 0 Å². The molecule has 0 radical (unpaired) electrons. The van der Waals surface area contributed by atoms with E-state index in [0.29, 0.717) is 5.82 Å². The van der Waals surface area contributed by atoms with Gasteiger partial charge in [-0.15, -0.1) is 0 Å². The Bertz CT molecular complexity index is 433. The van der Waals surface area contributed by atoms with Crippen LogP contribution in [-0.2, 0) is 6.42 Å². The Kier molecular flexibility index (Phi) is 2.58. The molecule has 0 spiro atoms. The smallest absolute Gasteiger partial charge is 0.122 e. The van der Waals surface area contributed by atoms with Gasteiger partial charge in [0.05, 0.1) is 13.3 Å². The van der Waals surface area contributed by atoms with Crippen molar-refractivity contribution >= 4 is 5.82 Å². The van der Waals surface area contributed by atoms with Crippen molar-refractivity contribution in [3.63, 3.8) is 0 Å². The van der Waals surface area contributed by atoms with Gasteiger partial charge in [-0.2, -0.15) is 5.10 Å². The third-order valence-electron chi connectivity index (χ3n) is 2.30. The minimum Gasteiger partial charge on any atom is -0.497 e. The van der Waals surface area contributed by atoms with E-state index in [2.05, 4.69) is 10.2 Å². The molecule has 0 fully saturated rings. The van der Waals surface area contributed by atoms with Crippen molar-refractivity contribution in [1.82, 2.24) is 10.2 Å². The van der Waals surface area contributed by atoms with Crippen molar-refractivity contribution in [2.24, 2.45) is 0 Å². The average molecular weight is 203 g/mol. The number of H-pyrrole nitrogens is 1. The van der Waals surface area contributed by atoms with Gasteiger partial charge in [-0.1, -0.05) is 12.1 Å². The summed E-state index contributed by atoms with van der Waals surface area (Å²) in [5.41, 5.74) is 7.90. The Labute approximate surface area is 88.1 Å². The van der Waals surface area contributed by atoms with Gasteiger partial charge in [0.1, 0.15) is 11.6 Å². The van der Waals surface area contributed by atoms with Gasteiger partial charge in [-0.3, -0.25) is 5.10 Å². The summed E-state index contributed by atoms with van der Waals surface area (Å²) >= 11 is 0. The molecular formula is C11H13N3O. The van der Waals surface area contributed by atoms with Crippen LogP contribution in [0, 0.1) is 0 Å². The summed E-state index contributed by atoms with van der Waals surface area (Å²) in [4.78, 5) is 0. The minimum absolute atomic E-state index is 0.630. The van der Waals surface area contributed by atoms with Gasteiger partial charge in [0, 0.05) is 12.0 Å². The summed E-state index contributed by atoms with van der Waals surface area (Å²) in [6.07, 6.45) is 2.53. The van der Waals surface area contributed by atoms with E-state index >= 15 is 0 Å². The summed E-state index contributed by atoms with van der Waals surface area (Å²) in [6.45, 7) is 0. The maximum absolute atomic E-state index is 5.70. The van der Waals surface area contributed by atoms with Crippen LogP contribution in [-0.4, -0.2) is 17.3 Å². The third kappa shape index (κ3) is 2.10. The number of nitrogens with two attached hydrogens (primary N) is 1. The molecule has 15 heavy (non-hydrogen) atoms. The Morgan fingerprint density at radius 1 is 1.33 bits per heavy atom. The van der Waals surface area contributed by atoms with Crippen LogP contribution < -0.4 is 10.5 Å². The topological polar surface area (TPSA) is 63.9 Å². The average Bonchev–Trinajstić information content (AvgIpc) is 2.66. The predicted molar refractivity (Wildman–Crippen MR) is 58.8 cm³/mol. The molecule has 1 aromatic carbocycles. The molecule has 2 rings (SSSR count). The van der Waals surface area contributed by atoms with E-state index in [1.807, 2.05) is 24.3 Å². The molecule has 3 N–H and O–H groups in total. The molecule has 4 nitrogen and oxygen atoms in total. The van der Waals surface area contributed by atoms with E-state index in [-0.39, 0.29) is 0 Å². The lowest BCUT2D eigenvalue weighted by Gasteiger charge is -2.02. The summed E-state index contributed by atoms with van der Waals surface area (Å²) in [6, 6.07) is 7.91. The number of aromatic nitrogens is 2. The van der Waals surface area contributed by atoms with Crippen LogP contribution in [0.5, 0.6) is 5.75 Å². The maximum Gasteiger partial charge on any atom is 0.122 e. The third-order valence-corrected chi connectivity index (χ3v) is 2.30. The molecular weight excluding hydrogens is 190 g/mol.